The lowest BCUT2D eigenvalue weighted by atomic mass is 10.0. The fourth-order valence-electron chi connectivity index (χ4n) is 5.53. The number of carbonyl (C=O) groups excluding carboxylic acids is 3. The normalized spacial score (nSPS) is 14.0. The Kier molecular flexibility index (Phi) is 16.5. The van der Waals surface area contributed by atoms with E-state index in [1.165, 1.54) is 6.07 Å². The molecule has 0 saturated heterocycles. The third kappa shape index (κ3) is 15.0. The number of nitrogens with zero attached hydrogens (tertiary/aromatic N) is 1. The third-order valence-electron chi connectivity index (χ3n) is 10.9. The summed E-state index contributed by atoms with van der Waals surface area (Å²) in [7, 11) is -4.59. The Balaban J connectivity index is 2.14. The summed E-state index contributed by atoms with van der Waals surface area (Å²) in [4.78, 5) is 53.1. The second kappa shape index (κ2) is 19.9. The number of ether oxygens (including phenoxy) is 2. The van der Waals surface area contributed by atoms with Crippen LogP contribution in [0, 0.1) is 15.9 Å². The van der Waals surface area contributed by atoms with E-state index in [0.717, 1.165) is 17.7 Å². The van der Waals surface area contributed by atoms with Crippen molar-refractivity contribution in [1.82, 2.24) is 16.0 Å². The third-order valence-corrected chi connectivity index (χ3v) is 19.8. The Bertz CT molecular complexity index is 2020. The van der Waals surface area contributed by atoms with Gasteiger partial charge in [-0.2, -0.15) is 4.39 Å². The van der Waals surface area contributed by atoms with Gasteiger partial charge in [0.05, 0.1) is 23.7 Å². The van der Waals surface area contributed by atoms with Crippen molar-refractivity contribution in [2.24, 2.45) is 0 Å². The van der Waals surface area contributed by atoms with E-state index < -0.39 is 74.7 Å². The van der Waals surface area contributed by atoms with Crippen molar-refractivity contribution in [2.75, 3.05) is 6.61 Å². The summed E-state index contributed by atoms with van der Waals surface area (Å²) in [5.41, 5.74) is -0.449. The van der Waals surface area contributed by atoms with Crippen LogP contribution in [0.3, 0.4) is 0 Å². The number of hydrogen-bond acceptors (Lipinski definition) is 9. The van der Waals surface area contributed by atoms with Gasteiger partial charge in [0.2, 0.25) is 25.9 Å². The van der Waals surface area contributed by atoms with Crippen molar-refractivity contribution >= 4 is 40.2 Å². The molecule has 3 rings (SSSR count). The first-order valence-electron chi connectivity index (χ1n) is 20.6. The summed E-state index contributed by atoms with van der Waals surface area (Å²) >= 11 is 0. The summed E-state index contributed by atoms with van der Waals surface area (Å²) in [6.45, 7) is 30.2. The lowest BCUT2D eigenvalue weighted by Gasteiger charge is -2.38. The zero-order valence-corrected chi connectivity index (χ0v) is 40.6. The van der Waals surface area contributed by atoms with Gasteiger partial charge >= 0.3 is 11.8 Å². The lowest BCUT2D eigenvalue weighted by molar-refractivity contribution is -0.387. The predicted molar refractivity (Wildman–Crippen MR) is 241 cm³/mol. The summed E-state index contributed by atoms with van der Waals surface area (Å²) < 4.78 is 39.1. The summed E-state index contributed by atoms with van der Waals surface area (Å²) in [6, 6.07) is 14.1. The second-order valence-corrected chi connectivity index (χ2v) is 29.2. The van der Waals surface area contributed by atoms with Gasteiger partial charge in [0.25, 0.3) is 0 Å². The van der Waals surface area contributed by atoms with Crippen LogP contribution in [0.25, 0.3) is 0 Å². The maximum absolute atomic E-state index is 14.8. The van der Waals surface area contributed by atoms with Crippen molar-refractivity contribution in [2.45, 2.75) is 149 Å². The van der Waals surface area contributed by atoms with Crippen molar-refractivity contribution < 1.29 is 42.0 Å². The number of nitrogens with one attached hydrogen (secondary N) is 3. The van der Waals surface area contributed by atoms with Gasteiger partial charge in [-0.1, -0.05) is 71.9 Å². The van der Waals surface area contributed by atoms with Gasteiger partial charge in [-0.25, -0.2) is 4.79 Å². The van der Waals surface area contributed by atoms with E-state index in [4.69, 9.17) is 18.3 Å². The van der Waals surface area contributed by atoms with Gasteiger partial charge in [0.1, 0.15) is 29.2 Å². The molecule has 0 saturated carbocycles. The number of halogens is 1. The molecule has 3 N–H and O–H groups in total. The summed E-state index contributed by atoms with van der Waals surface area (Å²) in [5, 5.41) is 19.9. The van der Waals surface area contributed by atoms with Crippen LogP contribution in [0.5, 0.6) is 11.5 Å². The zero-order valence-electron chi connectivity index (χ0n) is 38.6. The molecule has 13 nitrogen and oxygen atoms in total. The SMILES string of the molecule is CC(C)Oc1cccc([C@H](NC(=O)[C@@H](Cc2ccc(F)c([N+](=O)[O-])c2)NC(=O)OC(C)(C)C)C(=O)N[C@@H](CO[Si](C)(C)C(C)(C)C)c2cccc(O[Si](C)(C)C(C)(C)C)c2)c1. The molecule has 0 heterocycles. The molecule has 3 aromatic rings. The van der Waals surface area contributed by atoms with Crippen LogP contribution < -0.4 is 25.1 Å². The Hall–Kier alpha value is -4.81. The van der Waals surface area contributed by atoms with E-state index >= 15 is 0 Å². The highest BCUT2D eigenvalue weighted by Crippen LogP contribution is 2.39. The number of alkyl carbamates (subject to hydrolysis) is 1. The van der Waals surface area contributed by atoms with Gasteiger partial charge in [-0.3, -0.25) is 19.7 Å². The van der Waals surface area contributed by atoms with Gasteiger partial charge < -0.3 is 34.3 Å². The molecule has 16 heteroatoms. The topological polar surface area (TPSA) is 167 Å². The molecule has 0 aliphatic rings. The van der Waals surface area contributed by atoms with E-state index in [-0.39, 0.29) is 34.8 Å². The summed E-state index contributed by atoms with van der Waals surface area (Å²) in [6.07, 6.45) is -1.45. The number of nitro benzene ring substituents is 1. The molecule has 0 aliphatic carbocycles. The minimum absolute atomic E-state index is 0.0665. The fourth-order valence-corrected chi connectivity index (χ4v) is 7.57. The fraction of sp³-hybridized carbons (Fsp3) is 0.533. The van der Waals surface area contributed by atoms with Crippen LogP contribution in [-0.4, -0.2) is 63.8 Å². The molecular weight excluding hydrogens is 816 g/mol. The van der Waals surface area contributed by atoms with Gasteiger partial charge in [0.15, 0.2) is 8.32 Å². The van der Waals surface area contributed by atoms with E-state index in [1.54, 1.807) is 45.0 Å². The molecule has 0 bridgehead atoms. The van der Waals surface area contributed by atoms with Crippen LogP contribution in [-0.2, 0) is 25.2 Å². The van der Waals surface area contributed by atoms with Crippen molar-refractivity contribution in [3.63, 3.8) is 0 Å². The molecule has 3 amide bonds. The van der Waals surface area contributed by atoms with E-state index in [9.17, 15) is 28.9 Å². The van der Waals surface area contributed by atoms with Crippen molar-refractivity contribution in [1.29, 1.82) is 0 Å². The molecule has 3 atom stereocenters. The Labute approximate surface area is 363 Å². The van der Waals surface area contributed by atoms with Gasteiger partial charge in [0, 0.05) is 12.5 Å². The molecule has 3 aromatic carbocycles. The second-order valence-electron chi connectivity index (χ2n) is 19.7. The van der Waals surface area contributed by atoms with Crippen molar-refractivity contribution in [3.8, 4) is 11.5 Å². The highest BCUT2D eigenvalue weighted by molar-refractivity contribution is 6.75. The van der Waals surface area contributed by atoms with Crippen LogP contribution >= 0.6 is 0 Å². The largest absolute Gasteiger partial charge is 0.543 e. The molecule has 0 unspecified atom stereocenters. The highest BCUT2D eigenvalue weighted by atomic mass is 28.4. The number of rotatable bonds is 17. The van der Waals surface area contributed by atoms with E-state index in [2.05, 4.69) is 83.7 Å². The molecule has 0 aromatic heterocycles. The monoisotopic (exact) mass is 882 g/mol. The quantitative estimate of drug-likeness (QED) is 0.0679. The van der Waals surface area contributed by atoms with Gasteiger partial charge in [-0.15, -0.1) is 0 Å². The molecule has 336 valence electrons. The molecular formula is C45H67FN4O9Si2. The Morgan fingerprint density at radius 1 is 0.754 bits per heavy atom. The standard InChI is InChI=1S/C45H67FN4O9Si2/c1-29(2)57-33-20-17-19-32(27-33)39(49-40(51)36(48-42(53)58-43(3,4)5)24-30-22-23-35(46)38(25-30)50(54)55)41(52)47-37(28-56-60(12,13)44(6,7)8)31-18-16-21-34(26-31)59-61(14,15)45(9,10)11/h16-23,25-27,29,36-37,39H,24,28H2,1-15H3,(H,47,52)(H,48,53)(H,49,51)/t36-,37+,39+/m1/s1. The smallest absolute Gasteiger partial charge is 0.408 e. The van der Waals surface area contributed by atoms with Crippen LogP contribution in [0.1, 0.15) is 105 Å². The number of nitro groups is 1. The lowest BCUT2D eigenvalue weighted by Crippen LogP contribution is -2.52. The van der Waals surface area contributed by atoms with Crippen LogP contribution in [0.15, 0.2) is 66.7 Å². The van der Waals surface area contributed by atoms with E-state index in [1.807, 2.05) is 38.1 Å². The zero-order chi connectivity index (χ0) is 46.3. The minimum atomic E-state index is -2.35. The first kappa shape index (κ1) is 50.5. The van der Waals surface area contributed by atoms with Crippen LogP contribution in [0.2, 0.25) is 36.3 Å². The molecule has 0 aliphatic heterocycles. The average molecular weight is 883 g/mol. The molecule has 61 heavy (non-hydrogen) atoms. The average Bonchev–Trinajstić information content (AvgIpc) is 3.10. The summed E-state index contributed by atoms with van der Waals surface area (Å²) in [5.74, 6) is -1.35. The van der Waals surface area contributed by atoms with Crippen LogP contribution in [0.4, 0.5) is 14.9 Å². The van der Waals surface area contributed by atoms with Crippen molar-refractivity contribution in [3.05, 3.63) is 99.4 Å². The molecule has 0 radical (unpaired) electrons. The number of carbonyl (C=O) groups is 3. The highest BCUT2D eigenvalue weighted by Gasteiger charge is 2.40. The minimum Gasteiger partial charge on any atom is -0.543 e. The maximum atomic E-state index is 14.8. The molecule has 0 fully saturated rings. The van der Waals surface area contributed by atoms with E-state index in [0.29, 0.717) is 17.1 Å². The number of amides is 3. The van der Waals surface area contributed by atoms with Gasteiger partial charge in [-0.05, 0) is 118 Å². The first-order chi connectivity index (χ1) is 27.9. The number of benzene rings is 3. The maximum Gasteiger partial charge on any atom is 0.408 e. The molecule has 0 spiro atoms. The first-order valence-corrected chi connectivity index (χ1v) is 26.4. The Morgan fingerprint density at radius 2 is 1.33 bits per heavy atom. The Morgan fingerprint density at radius 3 is 1.89 bits per heavy atom. The number of hydrogen-bond donors (Lipinski definition) is 3. The predicted octanol–water partition coefficient (Wildman–Crippen LogP) is 10.1.